The Morgan fingerprint density at radius 3 is 2.29 bits per heavy atom. The maximum absolute atomic E-state index is 13.8. The van der Waals surface area contributed by atoms with Gasteiger partial charge in [0.15, 0.2) is 5.82 Å². The Morgan fingerprint density at radius 2 is 1.57 bits per heavy atom. The van der Waals surface area contributed by atoms with E-state index in [0.29, 0.717) is 72.2 Å². The van der Waals surface area contributed by atoms with Gasteiger partial charge in [-0.15, -0.1) is 0 Å². The molecule has 0 aliphatic carbocycles. The van der Waals surface area contributed by atoms with Crippen LogP contribution in [0.2, 0.25) is 5.02 Å². The Balaban J connectivity index is 0.785. The van der Waals surface area contributed by atoms with E-state index in [9.17, 15) is 18.0 Å². The number of hydrogen-bond donors (Lipinski definition) is 2. The second kappa shape index (κ2) is 15.1. The van der Waals surface area contributed by atoms with Crippen LogP contribution in [0.15, 0.2) is 59.8 Å². The molecule has 0 saturated carbocycles. The minimum absolute atomic E-state index is 0.0953. The summed E-state index contributed by atoms with van der Waals surface area (Å²) in [6.45, 7) is 6.08. The molecule has 9 rings (SSSR count). The molecule has 56 heavy (non-hydrogen) atoms. The summed E-state index contributed by atoms with van der Waals surface area (Å²) in [5, 5.41) is 11.7. The van der Waals surface area contributed by atoms with Gasteiger partial charge < -0.3 is 15.1 Å². The molecule has 5 aliphatic heterocycles. The van der Waals surface area contributed by atoms with E-state index in [-0.39, 0.29) is 18.4 Å². The van der Waals surface area contributed by atoms with Gasteiger partial charge in [-0.2, -0.15) is 9.40 Å². The average Bonchev–Trinajstić information content (AvgIpc) is 3.64. The van der Waals surface area contributed by atoms with E-state index in [0.717, 1.165) is 67.8 Å². The zero-order chi connectivity index (χ0) is 38.6. The van der Waals surface area contributed by atoms with E-state index >= 15 is 0 Å². The predicted octanol–water partition coefficient (Wildman–Crippen LogP) is 4.30. The summed E-state index contributed by atoms with van der Waals surface area (Å²) in [5.41, 5.74) is 3.10. The highest BCUT2D eigenvalue weighted by Crippen LogP contribution is 2.37. The standard InChI is InChI=1S/C39H48ClN11O4S/c1-46-35-20-30(7-8-34(35)37(45-46)50-18-13-36(52)44-39(50)53)47-14-9-26(10-15-47)23-51-31-5-6-32(51)25-48(24-31)29-3-2-4-33(19-29)56(54,55)49-16-11-28(12-17-49)43-38-41-21-27(40)22-42-38/h2-4,7-8,19-22,26,28,31-32H,5-6,9-18,23-25H2,1H3,(H,41,42,43)(H,44,52,53). The molecule has 0 spiro atoms. The van der Waals surface area contributed by atoms with Crippen molar-refractivity contribution in [3.8, 4) is 0 Å². The molecule has 2 aromatic carbocycles. The lowest BCUT2D eigenvalue weighted by Crippen LogP contribution is -2.55. The molecule has 2 atom stereocenters. The molecule has 3 amide bonds. The summed E-state index contributed by atoms with van der Waals surface area (Å²) in [6.07, 6.45) is 9.29. The molecule has 5 aliphatic rings. The van der Waals surface area contributed by atoms with Crippen LogP contribution in [-0.2, 0) is 21.9 Å². The third kappa shape index (κ3) is 7.27. The molecule has 296 valence electrons. The lowest BCUT2D eigenvalue weighted by molar-refractivity contribution is -0.120. The number of piperazine rings is 1. The number of anilines is 4. The summed E-state index contributed by atoms with van der Waals surface area (Å²) < 4.78 is 31.1. The molecule has 2 bridgehead atoms. The summed E-state index contributed by atoms with van der Waals surface area (Å²) in [7, 11) is -1.73. The predicted molar refractivity (Wildman–Crippen MR) is 216 cm³/mol. The van der Waals surface area contributed by atoms with Crippen LogP contribution >= 0.6 is 11.6 Å². The van der Waals surface area contributed by atoms with E-state index in [2.05, 4.69) is 58.6 Å². The highest BCUT2D eigenvalue weighted by Gasteiger charge is 2.41. The fourth-order valence-electron chi connectivity index (χ4n) is 9.36. The van der Waals surface area contributed by atoms with Gasteiger partial charge in [-0.1, -0.05) is 17.7 Å². The lowest BCUT2D eigenvalue weighted by Gasteiger charge is -2.44. The summed E-state index contributed by atoms with van der Waals surface area (Å²) in [4.78, 5) is 42.2. The molecule has 7 heterocycles. The fraction of sp³-hybridized carbons (Fsp3) is 0.513. The first-order valence-electron chi connectivity index (χ1n) is 19.8. The number of hydrogen-bond acceptors (Lipinski definition) is 11. The molecular weight excluding hydrogens is 754 g/mol. The van der Waals surface area contributed by atoms with Gasteiger partial charge in [-0.3, -0.25) is 24.6 Å². The quantitative estimate of drug-likeness (QED) is 0.249. The third-order valence-electron chi connectivity index (χ3n) is 12.4. The van der Waals surface area contributed by atoms with Gasteiger partial charge in [0.2, 0.25) is 21.9 Å². The van der Waals surface area contributed by atoms with Gasteiger partial charge in [0.25, 0.3) is 0 Å². The number of aromatic nitrogens is 4. The number of benzene rings is 2. The molecule has 4 aromatic rings. The first-order chi connectivity index (χ1) is 27.1. The van der Waals surface area contributed by atoms with E-state index in [1.165, 1.54) is 12.8 Å². The van der Waals surface area contributed by atoms with Crippen LogP contribution in [0.4, 0.5) is 27.9 Å². The number of carbonyl (C=O) groups is 2. The van der Waals surface area contributed by atoms with Crippen molar-refractivity contribution in [2.75, 3.05) is 72.4 Å². The largest absolute Gasteiger partial charge is 0.371 e. The second-order valence-corrected chi connectivity index (χ2v) is 18.2. The van der Waals surface area contributed by atoms with Crippen LogP contribution in [0.1, 0.15) is 44.9 Å². The highest BCUT2D eigenvalue weighted by molar-refractivity contribution is 7.89. The molecule has 2 aromatic heterocycles. The Kier molecular flexibility index (Phi) is 10.0. The Bertz CT molecular complexity index is 2210. The number of rotatable bonds is 9. The van der Waals surface area contributed by atoms with Crippen LogP contribution in [0.25, 0.3) is 10.9 Å². The maximum atomic E-state index is 13.8. The third-order valence-corrected chi connectivity index (χ3v) is 14.5. The van der Waals surface area contributed by atoms with Crippen molar-refractivity contribution in [2.45, 2.75) is 68.0 Å². The smallest absolute Gasteiger partial charge is 0.329 e. The van der Waals surface area contributed by atoms with Gasteiger partial charge in [-0.25, -0.2) is 23.2 Å². The topological polar surface area (TPSA) is 152 Å². The molecule has 17 heteroatoms. The molecule has 2 unspecified atom stereocenters. The summed E-state index contributed by atoms with van der Waals surface area (Å²) in [6, 6.07) is 14.5. The number of urea groups is 1. The van der Waals surface area contributed by atoms with Gasteiger partial charge in [0.1, 0.15) is 0 Å². The minimum atomic E-state index is -3.63. The number of nitrogens with zero attached hydrogens (tertiary/aromatic N) is 9. The zero-order valence-corrected chi connectivity index (χ0v) is 33.1. The van der Waals surface area contributed by atoms with Crippen LogP contribution < -0.4 is 25.3 Å². The van der Waals surface area contributed by atoms with Crippen LogP contribution in [0.3, 0.4) is 0 Å². The monoisotopic (exact) mass is 801 g/mol. The number of imide groups is 1. The normalized spacial score (nSPS) is 23.3. The Morgan fingerprint density at radius 1 is 0.857 bits per heavy atom. The van der Waals surface area contributed by atoms with E-state index in [1.807, 2.05) is 29.9 Å². The highest BCUT2D eigenvalue weighted by atomic mass is 35.5. The van der Waals surface area contributed by atoms with Crippen LogP contribution in [0, 0.1) is 5.92 Å². The van der Waals surface area contributed by atoms with E-state index < -0.39 is 16.1 Å². The van der Waals surface area contributed by atoms with Crippen molar-refractivity contribution < 1.29 is 18.0 Å². The SMILES string of the molecule is Cn1nc(N2CCC(=O)NC2=O)c2ccc(N3CCC(CN4C5CCC4CN(c4cccc(S(=O)(=O)N6CCC(Nc7ncc(Cl)cn7)CC6)c4)C5)CC3)cc21. The van der Waals surface area contributed by atoms with E-state index in [1.54, 1.807) is 27.7 Å². The molecule has 15 nitrogen and oxygen atoms in total. The number of sulfonamides is 1. The zero-order valence-electron chi connectivity index (χ0n) is 31.6. The van der Waals surface area contributed by atoms with Crippen molar-refractivity contribution >= 4 is 67.6 Å². The fourth-order valence-corrected chi connectivity index (χ4v) is 11.0. The average molecular weight is 802 g/mol. The van der Waals surface area contributed by atoms with Crippen molar-refractivity contribution in [3.63, 3.8) is 0 Å². The Labute approximate surface area is 332 Å². The van der Waals surface area contributed by atoms with Gasteiger partial charge in [0, 0.05) is 101 Å². The van der Waals surface area contributed by atoms with Crippen LogP contribution in [0.5, 0.6) is 0 Å². The second-order valence-electron chi connectivity index (χ2n) is 15.9. The number of carbonyl (C=O) groups excluding carboxylic acids is 2. The first kappa shape index (κ1) is 37.1. The number of aryl methyl sites for hydroxylation is 1. The molecule has 5 saturated heterocycles. The molecular formula is C39H48ClN11O4S. The number of piperidine rings is 2. The van der Waals surface area contributed by atoms with E-state index in [4.69, 9.17) is 11.6 Å². The molecule has 5 fully saturated rings. The summed E-state index contributed by atoms with van der Waals surface area (Å²) in [5.74, 6) is 1.45. The number of nitrogens with one attached hydrogen (secondary N) is 2. The maximum Gasteiger partial charge on any atom is 0.329 e. The van der Waals surface area contributed by atoms with Gasteiger partial charge in [0.05, 0.1) is 27.8 Å². The Hall–Kier alpha value is -4.51. The summed E-state index contributed by atoms with van der Waals surface area (Å²) >= 11 is 5.91. The van der Waals surface area contributed by atoms with Crippen molar-refractivity contribution in [2.24, 2.45) is 13.0 Å². The number of halogens is 1. The van der Waals surface area contributed by atoms with Crippen molar-refractivity contribution in [1.29, 1.82) is 0 Å². The van der Waals surface area contributed by atoms with Gasteiger partial charge in [-0.05, 0) is 80.8 Å². The molecule has 0 radical (unpaired) electrons. The molecule has 2 N–H and O–H groups in total. The number of amides is 3. The number of fused-ring (bicyclic) bond motifs is 3. The minimum Gasteiger partial charge on any atom is -0.371 e. The first-order valence-corrected chi connectivity index (χ1v) is 21.6. The van der Waals surface area contributed by atoms with Crippen molar-refractivity contribution in [3.05, 3.63) is 59.9 Å². The van der Waals surface area contributed by atoms with Crippen molar-refractivity contribution in [1.82, 2.24) is 34.3 Å². The van der Waals surface area contributed by atoms with Crippen LogP contribution in [-0.4, -0.2) is 120 Å². The lowest BCUT2D eigenvalue weighted by atomic mass is 9.94. The van der Waals surface area contributed by atoms with Gasteiger partial charge >= 0.3 is 6.03 Å².